The molecule has 112 valence electrons. The second kappa shape index (κ2) is 7.76. The zero-order chi connectivity index (χ0) is 14.4. The zero-order valence-electron chi connectivity index (χ0n) is 12.1. The minimum Gasteiger partial charge on any atom is -0.376 e. The van der Waals surface area contributed by atoms with Crippen molar-refractivity contribution < 1.29 is 9.53 Å². The van der Waals surface area contributed by atoms with Gasteiger partial charge in [0.25, 0.3) is 0 Å². The number of nitrogens with two attached hydrogens (primary N) is 1. The van der Waals surface area contributed by atoms with E-state index in [0.717, 1.165) is 32.3 Å². The van der Waals surface area contributed by atoms with Gasteiger partial charge >= 0.3 is 0 Å². The quantitative estimate of drug-likeness (QED) is 0.840. The van der Waals surface area contributed by atoms with Gasteiger partial charge in [-0.3, -0.25) is 4.79 Å². The van der Waals surface area contributed by atoms with Crippen molar-refractivity contribution in [2.75, 3.05) is 13.2 Å². The number of hydrogen-bond acceptors (Lipinski definition) is 4. The van der Waals surface area contributed by atoms with Crippen molar-refractivity contribution in [3.63, 3.8) is 0 Å². The first-order valence-corrected chi connectivity index (χ1v) is 8.27. The summed E-state index contributed by atoms with van der Waals surface area (Å²) in [7, 11) is 0. The fraction of sp³-hybridized carbons (Fsp3) is 0.667. The second-order valence-electron chi connectivity index (χ2n) is 5.33. The van der Waals surface area contributed by atoms with Gasteiger partial charge in [-0.15, -0.1) is 11.3 Å². The van der Waals surface area contributed by atoms with Crippen molar-refractivity contribution in [1.29, 1.82) is 0 Å². The van der Waals surface area contributed by atoms with Crippen LogP contribution in [0.1, 0.15) is 37.5 Å². The van der Waals surface area contributed by atoms with E-state index in [0.29, 0.717) is 13.1 Å². The Kier molecular flexibility index (Phi) is 6.01. The number of rotatable bonds is 7. The molecule has 1 aromatic heterocycles. The molecule has 2 N–H and O–H groups in total. The lowest BCUT2D eigenvalue weighted by Gasteiger charge is -2.27. The fourth-order valence-corrected chi connectivity index (χ4v) is 3.25. The fourth-order valence-electron chi connectivity index (χ4n) is 2.53. The molecule has 2 atom stereocenters. The first kappa shape index (κ1) is 15.5. The summed E-state index contributed by atoms with van der Waals surface area (Å²) in [5, 5.41) is 2.04. The number of amides is 1. The van der Waals surface area contributed by atoms with E-state index in [1.165, 1.54) is 4.88 Å². The minimum absolute atomic E-state index is 0.0516. The lowest BCUT2D eigenvalue weighted by atomic mass is 10.1. The Morgan fingerprint density at radius 3 is 3.10 bits per heavy atom. The normalized spacial score (nSPS) is 20.0. The molecule has 5 heteroatoms. The van der Waals surface area contributed by atoms with Gasteiger partial charge in [-0.05, 0) is 30.7 Å². The van der Waals surface area contributed by atoms with E-state index in [1.54, 1.807) is 11.3 Å². The average Bonchev–Trinajstić information content (AvgIpc) is 3.10. The third-order valence-corrected chi connectivity index (χ3v) is 4.46. The Morgan fingerprint density at radius 2 is 2.50 bits per heavy atom. The van der Waals surface area contributed by atoms with E-state index in [4.69, 9.17) is 10.5 Å². The lowest BCUT2D eigenvalue weighted by Crippen LogP contribution is -2.46. The Bertz CT molecular complexity index is 402. The maximum absolute atomic E-state index is 12.5. The zero-order valence-corrected chi connectivity index (χ0v) is 12.9. The molecule has 1 amide bonds. The van der Waals surface area contributed by atoms with Crippen molar-refractivity contribution in [3.05, 3.63) is 22.4 Å². The molecule has 20 heavy (non-hydrogen) atoms. The van der Waals surface area contributed by atoms with E-state index in [1.807, 2.05) is 16.3 Å². The number of carbonyl (C=O) groups is 1. The highest BCUT2D eigenvalue weighted by atomic mass is 32.1. The van der Waals surface area contributed by atoms with Crippen molar-refractivity contribution in [2.24, 2.45) is 5.73 Å². The number of hydrogen-bond donors (Lipinski definition) is 1. The summed E-state index contributed by atoms with van der Waals surface area (Å²) < 4.78 is 5.66. The summed E-state index contributed by atoms with van der Waals surface area (Å²) in [4.78, 5) is 15.6. The third-order valence-electron chi connectivity index (χ3n) is 3.60. The van der Waals surface area contributed by atoms with Gasteiger partial charge in [0.1, 0.15) is 0 Å². The molecule has 2 heterocycles. The maximum atomic E-state index is 12.5. The molecule has 2 rings (SSSR count). The van der Waals surface area contributed by atoms with Gasteiger partial charge in [-0.25, -0.2) is 0 Å². The number of thiophene rings is 1. The second-order valence-corrected chi connectivity index (χ2v) is 6.36. The molecule has 1 saturated heterocycles. The molecule has 1 fully saturated rings. The highest BCUT2D eigenvalue weighted by Gasteiger charge is 2.26. The molecule has 1 aliphatic heterocycles. The Labute approximate surface area is 124 Å². The topological polar surface area (TPSA) is 55.6 Å². The van der Waals surface area contributed by atoms with Gasteiger partial charge in [0.2, 0.25) is 5.91 Å². The van der Waals surface area contributed by atoms with Crippen LogP contribution >= 0.6 is 11.3 Å². The van der Waals surface area contributed by atoms with Crippen molar-refractivity contribution in [1.82, 2.24) is 4.90 Å². The molecule has 1 unspecified atom stereocenters. The van der Waals surface area contributed by atoms with Crippen molar-refractivity contribution in [2.45, 2.75) is 51.3 Å². The summed E-state index contributed by atoms with van der Waals surface area (Å²) in [5.41, 5.74) is 6.00. The molecule has 4 nitrogen and oxygen atoms in total. The van der Waals surface area contributed by atoms with Gasteiger partial charge in [0.05, 0.1) is 18.7 Å². The molecule has 0 saturated carbocycles. The predicted octanol–water partition coefficient (Wildman–Crippen LogP) is 2.38. The van der Waals surface area contributed by atoms with Gasteiger partial charge in [0.15, 0.2) is 0 Å². The Balaban J connectivity index is 1.99. The van der Waals surface area contributed by atoms with Crippen LogP contribution < -0.4 is 5.73 Å². The van der Waals surface area contributed by atoms with Crippen LogP contribution in [0.5, 0.6) is 0 Å². The van der Waals surface area contributed by atoms with Crippen LogP contribution in [0, 0.1) is 0 Å². The molecule has 0 aromatic carbocycles. The van der Waals surface area contributed by atoms with Crippen LogP contribution in [0.25, 0.3) is 0 Å². The standard InChI is InChI=1S/C15H24N2O2S/c1-2-5-14(16)15(18)17(10-12-6-3-8-19-12)11-13-7-4-9-20-13/h4,7,9,12,14H,2-3,5-6,8,10-11,16H2,1H3/t12?,14-/m0/s1. The van der Waals surface area contributed by atoms with Crippen molar-refractivity contribution >= 4 is 17.2 Å². The van der Waals surface area contributed by atoms with Crippen molar-refractivity contribution in [3.8, 4) is 0 Å². The third kappa shape index (κ3) is 4.30. The average molecular weight is 296 g/mol. The van der Waals surface area contributed by atoms with Crippen LogP contribution in [0.3, 0.4) is 0 Å². The minimum atomic E-state index is -0.388. The van der Waals surface area contributed by atoms with Crippen LogP contribution in [-0.4, -0.2) is 36.1 Å². The monoisotopic (exact) mass is 296 g/mol. The molecular weight excluding hydrogens is 272 g/mol. The van der Waals surface area contributed by atoms with Gasteiger partial charge in [-0.1, -0.05) is 19.4 Å². The number of nitrogens with zero attached hydrogens (tertiary/aromatic N) is 1. The van der Waals surface area contributed by atoms with E-state index in [-0.39, 0.29) is 18.1 Å². The largest absolute Gasteiger partial charge is 0.376 e. The molecule has 0 spiro atoms. The predicted molar refractivity (Wildman–Crippen MR) is 81.6 cm³/mol. The highest BCUT2D eigenvalue weighted by Crippen LogP contribution is 2.18. The van der Waals surface area contributed by atoms with E-state index in [2.05, 4.69) is 13.0 Å². The summed E-state index contributed by atoms with van der Waals surface area (Å²) in [5.74, 6) is 0.0516. The van der Waals surface area contributed by atoms with Crippen LogP contribution in [-0.2, 0) is 16.1 Å². The smallest absolute Gasteiger partial charge is 0.239 e. The van der Waals surface area contributed by atoms with Crippen LogP contribution in [0.15, 0.2) is 17.5 Å². The van der Waals surface area contributed by atoms with Gasteiger partial charge < -0.3 is 15.4 Å². The Morgan fingerprint density at radius 1 is 1.65 bits per heavy atom. The number of carbonyl (C=O) groups excluding carboxylic acids is 1. The lowest BCUT2D eigenvalue weighted by molar-refractivity contribution is -0.135. The highest BCUT2D eigenvalue weighted by molar-refractivity contribution is 7.09. The molecule has 0 bridgehead atoms. The summed E-state index contributed by atoms with van der Waals surface area (Å²) >= 11 is 1.68. The number of ether oxygens (including phenoxy) is 1. The van der Waals surface area contributed by atoms with Crippen LogP contribution in [0.2, 0.25) is 0 Å². The van der Waals surface area contributed by atoms with E-state index in [9.17, 15) is 4.79 Å². The summed E-state index contributed by atoms with van der Waals surface area (Å²) in [6.07, 6.45) is 3.97. The molecule has 1 aromatic rings. The van der Waals surface area contributed by atoms with Crippen LogP contribution in [0.4, 0.5) is 0 Å². The molecular formula is C15H24N2O2S. The molecule has 0 aliphatic carbocycles. The van der Waals surface area contributed by atoms with Gasteiger partial charge in [0, 0.05) is 18.0 Å². The van der Waals surface area contributed by atoms with Gasteiger partial charge in [-0.2, -0.15) is 0 Å². The molecule has 1 aliphatic rings. The summed E-state index contributed by atoms with van der Waals surface area (Å²) in [6.45, 7) is 4.17. The maximum Gasteiger partial charge on any atom is 0.239 e. The Hall–Kier alpha value is -0.910. The van der Waals surface area contributed by atoms with E-state index >= 15 is 0 Å². The first-order valence-electron chi connectivity index (χ1n) is 7.39. The van der Waals surface area contributed by atoms with E-state index < -0.39 is 0 Å². The SMILES string of the molecule is CCC[C@H](N)C(=O)N(Cc1cccs1)CC1CCCO1. The summed E-state index contributed by atoms with van der Waals surface area (Å²) in [6, 6.07) is 3.69. The molecule has 0 radical (unpaired) electrons. The first-order chi connectivity index (χ1) is 9.70.